The highest BCUT2D eigenvalue weighted by Crippen LogP contribution is 2.24. The van der Waals surface area contributed by atoms with Gasteiger partial charge in [-0.05, 0) is 43.5 Å². The third kappa shape index (κ3) is 2.77. The molecule has 1 aliphatic rings. The molecule has 0 bridgehead atoms. The molecule has 3 rings (SSSR count). The lowest BCUT2D eigenvalue weighted by Gasteiger charge is -2.26. The highest BCUT2D eigenvalue weighted by Gasteiger charge is 2.23. The third-order valence-corrected chi connectivity index (χ3v) is 5.02. The normalized spacial score (nSPS) is 15.1. The maximum absolute atomic E-state index is 4.43. The number of rotatable bonds is 4. The molecule has 2 heterocycles. The van der Waals surface area contributed by atoms with Crippen LogP contribution in [0.5, 0.6) is 0 Å². The summed E-state index contributed by atoms with van der Waals surface area (Å²) in [5.41, 5.74) is 4.31. The van der Waals surface area contributed by atoms with Gasteiger partial charge in [0.1, 0.15) is 5.01 Å². The van der Waals surface area contributed by atoms with Gasteiger partial charge in [0, 0.05) is 24.7 Å². The van der Waals surface area contributed by atoms with Gasteiger partial charge in [-0.15, -0.1) is 11.3 Å². The van der Waals surface area contributed by atoms with E-state index in [4.69, 9.17) is 0 Å². The van der Waals surface area contributed by atoms with Gasteiger partial charge >= 0.3 is 0 Å². The number of nitrogens with one attached hydrogen (secondary N) is 2. The molecule has 0 saturated heterocycles. The topological polar surface area (TPSA) is 37.0 Å². The minimum atomic E-state index is -0.0796. The number of thiazole rings is 1. The van der Waals surface area contributed by atoms with E-state index in [0.717, 1.165) is 31.1 Å². The Bertz CT molecular complexity index is 575. The van der Waals surface area contributed by atoms with E-state index in [0.29, 0.717) is 0 Å². The van der Waals surface area contributed by atoms with Crippen LogP contribution in [0, 0.1) is 0 Å². The molecule has 0 atom stereocenters. The van der Waals surface area contributed by atoms with E-state index >= 15 is 0 Å². The van der Waals surface area contributed by atoms with Gasteiger partial charge in [0.25, 0.3) is 0 Å². The molecule has 0 spiro atoms. The van der Waals surface area contributed by atoms with Crippen LogP contribution in [0.4, 0.5) is 0 Å². The molecule has 0 aliphatic carbocycles. The lowest BCUT2D eigenvalue weighted by Crippen LogP contribution is -2.36. The number of aromatic nitrogens is 1. The molecule has 3 nitrogen and oxygen atoms in total. The Kier molecular flexibility index (Phi) is 3.87. The van der Waals surface area contributed by atoms with Gasteiger partial charge in [-0.2, -0.15) is 0 Å². The number of hydrogen-bond donors (Lipinski definition) is 2. The van der Waals surface area contributed by atoms with Crippen molar-refractivity contribution in [2.75, 3.05) is 6.54 Å². The molecule has 0 unspecified atom stereocenters. The molecule has 1 aliphatic heterocycles. The average Bonchev–Trinajstić information content (AvgIpc) is 3.00. The molecule has 0 amide bonds. The van der Waals surface area contributed by atoms with Crippen molar-refractivity contribution >= 4 is 11.3 Å². The van der Waals surface area contributed by atoms with Crippen LogP contribution < -0.4 is 10.6 Å². The highest BCUT2D eigenvalue weighted by atomic mass is 32.1. The summed E-state index contributed by atoms with van der Waals surface area (Å²) in [5, 5.41) is 10.3. The number of fused-ring (bicyclic) bond motifs is 1. The highest BCUT2D eigenvalue weighted by molar-refractivity contribution is 7.09. The van der Waals surface area contributed by atoms with Gasteiger partial charge in [-0.25, -0.2) is 4.98 Å². The predicted octanol–water partition coefficient (Wildman–Crippen LogP) is 2.81. The fourth-order valence-corrected chi connectivity index (χ4v) is 3.44. The monoisotopic (exact) mass is 287 g/mol. The second-order valence-corrected chi connectivity index (χ2v) is 6.69. The van der Waals surface area contributed by atoms with E-state index in [1.165, 1.54) is 16.7 Å². The van der Waals surface area contributed by atoms with Crippen molar-refractivity contribution in [3.8, 4) is 0 Å². The predicted molar refractivity (Wildman–Crippen MR) is 83.8 cm³/mol. The first kappa shape index (κ1) is 13.7. The molecule has 0 saturated carbocycles. The van der Waals surface area contributed by atoms with Crippen LogP contribution in [0.1, 0.15) is 35.5 Å². The van der Waals surface area contributed by atoms with Crippen molar-refractivity contribution in [3.63, 3.8) is 0 Å². The summed E-state index contributed by atoms with van der Waals surface area (Å²) in [5.74, 6) is 0. The van der Waals surface area contributed by atoms with Crippen LogP contribution in [-0.4, -0.2) is 11.5 Å². The Morgan fingerprint density at radius 1 is 1.40 bits per heavy atom. The first-order valence-corrected chi connectivity index (χ1v) is 8.00. The molecule has 2 N–H and O–H groups in total. The molecule has 1 aromatic heterocycles. The van der Waals surface area contributed by atoms with E-state index in [9.17, 15) is 0 Å². The quantitative estimate of drug-likeness (QED) is 0.908. The van der Waals surface area contributed by atoms with Crippen molar-refractivity contribution < 1.29 is 0 Å². The van der Waals surface area contributed by atoms with Crippen molar-refractivity contribution in [2.45, 2.75) is 38.9 Å². The minimum Gasteiger partial charge on any atom is -0.312 e. The summed E-state index contributed by atoms with van der Waals surface area (Å²) < 4.78 is 0. The van der Waals surface area contributed by atoms with Crippen LogP contribution in [-0.2, 0) is 25.0 Å². The molecular formula is C16H21N3S. The van der Waals surface area contributed by atoms with Crippen molar-refractivity contribution in [3.05, 3.63) is 51.5 Å². The van der Waals surface area contributed by atoms with Gasteiger partial charge < -0.3 is 10.6 Å². The van der Waals surface area contributed by atoms with Crippen LogP contribution in [0.15, 0.2) is 29.8 Å². The molecule has 4 heteroatoms. The van der Waals surface area contributed by atoms with Gasteiger partial charge in [0.15, 0.2) is 0 Å². The molecule has 0 fully saturated rings. The largest absolute Gasteiger partial charge is 0.312 e. The van der Waals surface area contributed by atoms with E-state index in [2.05, 4.69) is 47.7 Å². The molecule has 0 radical (unpaired) electrons. The first-order valence-electron chi connectivity index (χ1n) is 7.12. The number of nitrogens with zero attached hydrogens (tertiary/aromatic N) is 1. The maximum atomic E-state index is 4.43. The van der Waals surface area contributed by atoms with Gasteiger partial charge in [-0.3, -0.25) is 0 Å². The summed E-state index contributed by atoms with van der Waals surface area (Å²) in [6.07, 6.45) is 3.00. The van der Waals surface area contributed by atoms with Gasteiger partial charge in [0.2, 0.25) is 0 Å². The zero-order valence-corrected chi connectivity index (χ0v) is 12.9. The van der Waals surface area contributed by atoms with Crippen molar-refractivity contribution in [2.24, 2.45) is 0 Å². The Hall–Kier alpha value is -1.23. The van der Waals surface area contributed by atoms with Gasteiger partial charge in [-0.1, -0.05) is 18.2 Å². The minimum absolute atomic E-state index is 0.0796. The van der Waals surface area contributed by atoms with E-state index in [-0.39, 0.29) is 5.54 Å². The zero-order valence-electron chi connectivity index (χ0n) is 12.1. The summed E-state index contributed by atoms with van der Waals surface area (Å²) in [7, 11) is 0. The molecule has 1 aromatic carbocycles. The zero-order chi connectivity index (χ0) is 14.0. The molecule has 106 valence electrons. The SMILES string of the molecule is CC(C)(NCc1cccc2c1CCNC2)c1nccs1. The van der Waals surface area contributed by atoms with E-state index < -0.39 is 0 Å². The summed E-state index contributed by atoms with van der Waals surface area (Å²) in [4.78, 5) is 4.43. The fourth-order valence-electron chi connectivity index (χ4n) is 2.70. The molecular weight excluding hydrogens is 266 g/mol. The van der Waals surface area contributed by atoms with Crippen LogP contribution in [0.2, 0.25) is 0 Å². The number of hydrogen-bond acceptors (Lipinski definition) is 4. The van der Waals surface area contributed by atoms with Gasteiger partial charge in [0.05, 0.1) is 5.54 Å². The Balaban J connectivity index is 1.76. The van der Waals surface area contributed by atoms with Crippen molar-refractivity contribution in [1.29, 1.82) is 0 Å². The first-order chi connectivity index (χ1) is 9.67. The lowest BCUT2D eigenvalue weighted by atomic mass is 9.95. The average molecular weight is 287 g/mol. The summed E-state index contributed by atoms with van der Waals surface area (Å²) in [6.45, 7) is 7.38. The fraction of sp³-hybridized carbons (Fsp3) is 0.438. The standard InChI is InChI=1S/C16H21N3S/c1-16(2,15-18-8-9-20-15)19-11-13-5-3-4-12-10-17-7-6-14(12)13/h3-5,8-9,17,19H,6-7,10-11H2,1-2H3. The van der Waals surface area contributed by atoms with E-state index in [1.54, 1.807) is 11.3 Å². The lowest BCUT2D eigenvalue weighted by molar-refractivity contribution is 0.398. The summed E-state index contributed by atoms with van der Waals surface area (Å²) in [6, 6.07) is 6.64. The second-order valence-electron chi connectivity index (χ2n) is 5.80. The summed E-state index contributed by atoms with van der Waals surface area (Å²) >= 11 is 1.71. The number of benzene rings is 1. The third-order valence-electron chi connectivity index (χ3n) is 3.93. The van der Waals surface area contributed by atoms with Crippen LogP contribution >= 0.6 is 11.3 Å². The van der Waals surface area contributed by atoms with Crippen LogP contribution in [0.25, 0.3) is 0 Å². The molecule has 2 aromatic rings. The second kappa shape index (κ2) is 5.64. The van der Waals surface area contributed by atoms with Crippen LogP contribution in [0.3, 0.4) is 0 Å². The van der Waals surface area contributed by atoms with Crippen molar-refractivity contribution in [1.82, 2.24) is 15.6 Å². The smallest absolute Gasteiger partial charge is 0.112 e. The van der Waals surface area contributed by atoms with E-state index in [1.807, 2.05) is 11.6 Å². The Labute approximate surface area is 124 Å². The Morgan fingerprint density at radius 3 is 3.10 bits per heavy atom. The molecule has 20 heavy (non-hydrogen) atoms. The Morgan fingerprint density at radius 2 is 2.30 bits per heavy atom. The maximum Gasteiger partial charge on any atom is 0.112 e.